The molecule has 6 nitrogen and oxygen atoms in total. The minimum absolute atomic E-state index is 0.169. The molecule has 0 aliphatic rings. The summed E-state index contributed by atoms with van der Waals surface area (Å²) in [4.78, 5) is 4.32. The molecule has 0 aliphatic heterocycles. The zero-order valence-corrected chi connectivity index (χ0v) is 27.4. The van der Waals surface area contributed by atoms with E-state index in [4.69, 9.17) is 13.6 Å². The first-order valence-electron chi connectivity index (χ1n) is 14.0. The van der Waals surface area contributed by atoms with E-state index in [1.165, 1.54) is 35.3 Å². The van der Waals surface area contributed by atoms with Gasteiger partial charge in [-0.05, 0) is 72.8 Å². The van der Waals surface area contributed by atoms with Gasteiger partial charge in [0.25, 0.3) is 0 Å². The first-order chi connectivity index (χ1) is 22.5. The predicted octanol–water partition coefficient (Wildman–Crippen LogP) is 11.0. The molecule has 230 valence electrons. The zero-order valence-electron chi connectivity index (χ0n) is 24.1. The van der Waals surface area contributed by atoms with Crippen molar-refractivity contribution >= 4 is 43.9 Å². The van der Waals surface area contributed by atoms with Gasteiger partial charge in [0.05, 0.1) is 29.4 Å². The van der Waals surface area contributed by atoms with Crippen molar-refractivity contribution < 1.29 is 28.9 Å². The third-order valence-electron chi connectivity index (χ3n) is 6.32. The highest BCUT2D eigenvalue weighted by Crippen LogP contribution is 2.51. The minimum atomic E-state index is -2.11. The van der Waals surface area contributed by atoms with E-state index in [0.717, 1.165) is 14.7 Å². The highest BCUT2D eigenvalue weighted by atomic mass is 32.2. The molecular weight excluding hydrogens is 656 g/mol. The van der Waals surface area contributed by atoms with Crippen molar-refractivity contribution in [1.82, 2.24) is 0 Å². The number of aromatic hydroxyl groups is 3. The van der Waals surface area contributed by atoms with Gasteiger partial charge in [-0.3, -0.25) is 0 Å². The monoisotopic (exact) mass is 682 g/mol. The van der Waals surface area contributed by atoms with Gasteiger partial charge in [-0.1, -0.05) is 108 Å². The van der Waals surface area contributed by atoms with Gasteiger partial charge in [-0.2, -0.15) is 0 Å². The van der Waals surface area contributed by atoms with E-state index in [1.54, 1.807) is 36.4 Å². The van der Waals surface area contributed by atoms with Crippen molar-refractivity contribution in [3.05, 3.63) is 146 Å². The number of rotatable bonds is 12. The van der Waals surface area contributed by atoms with E-state index in [1.807, 2.05) is 109 Å². The lowest BCUT2D eigenvalue weighted by molar-refractivity contribution is 0.378. The topological polar surface area (TPSA) is 88.4 Å². The Morgan fingerprint density at radius 3 is 0.848 bits per heavy atom. The summed E-state index contributed by atoms with van der Waals surface area (Å²) >= 11 is 4.11. The third-order valence-corrected chi connectivity index (χ3v) is 10.7. The molecule has 0 spiro atoms. The summed E-state index contributed by atoms with van der Waals surface area (Å²) in [6.07, 6.45) is 0. The number of phenolic OH excluding ortho intramolecular Hbond substituents is 3. The lowest BCUT2D eigenvalue weighted by atomic mass is 10.3. The van der Waals surface area contributed by atoms with Crippen LogP contribution in [0.2, 0.25) is 0 Å². The van der Waals surface area contributed by atoms with Crippen molar-refractivity contribution in [2.24, 2.45) is 0 Å². The maximum Gasteiger partial charge on any atom is 0.530 e. The lowest BCUT2D eigenvalue weighted by Crippen LogP contribution is -2.04. The Morgan fingerprint density at radius 1 is 0.326 bits per heavy atom. The van der Waals surface area contributed by atoms with Crippen LogP contribution in [-0.4, -0.2) is 15.3 Å². The first kappa shape index (κ1) is 31.6. The Balaban J connectivity index is 1.34. The van der Waals surface area contributed by atoms with E-state index in [9.17, 15) is 15.3 Å². The van der Waals surface area contributed by atoms with Crippen molar-refractivity contribution in [3.8, 4) is 34.5 Å². The molecule has 0 fully saturated rings. The smallest absolute Gasteiger partial charge is 0.507 e. The van der Waals surface area contributed by atoms with Gasteiger partial charge in [0.15, 0.2) is 0 Å². The maximum atomic E-state index is 10.4. The highest BCUT2D eigenvalue weighted by molar-refractivity contribution is 8.00. The van der Waals surface area contributed by atoms with Crippen molar-refractivity contribution in [2.45, 2.75) is 29.4 Å². The molecule has 0 saturated heterocycles. The molecule has 0 aromatic heterocycles. The van der Waals surface area contributed by atoms with Crippen LogP contribution in [0.25, 0.3) is 0 Å². The molecule has 46 heavy (non-hydrogen) atoms. The standard InChI is InChI=1S/C36H27O6PS3/c37-25-13-1-7-19-31(25)44-34-22-10-4-16-28(34)40-43(41-29-17-5-11-23-35(29)45-32-20-8-2-14-26(32)38)42-30-18-6-12-24-36(30)46-33-21-9-3-15-27(33)39/h1-24,37-39H. The molecule has 0 saturated carbocycles. The van der Waals surface area contributed by atoms with Gasteiger partial charge >= 0.3 is 8.60 Å². The lowest BCUT2D eigenvalue weighted by Gasteiger charge is -2.21. The molecule has 0 radical (unpaired) electrons. The molecule has 0 bridgehead atoms. The molecule has 0 aliphatic carbocycles. The second-order valence-electron chi connectivity index (χ2n) is 9.55. The van der Waals surface area contributed by atoms with E-state index >= 15 is 0 Å². The first-order valence-corrected chi connectivity index (χ1v) is 17.6. The van der Waals surface area contributed by atoms with Crippen LogP contribution in [0.4, 0.5) is 0 Å². The van der Waals surface area contributed by atoms with Crippen molar-refractivity contribution in [2.75, 3.05) is 0 Å². The van der Waals surface area contributed by atoms with E-state index in [2.05, 4.69) is 0 Å². The number of benzene rings is 6. The normalized spacial score (nSPS) is 10.9. The fraction of sp³-hybridized carbons (Fsp3) is 0. The molecular formula is C36H27O6PS3. The summed E-state index contributed by atoms with van der Waals surface area (Å²) in [6, 6.07) is 43.9. The van der Waals surface area contributed by atoms with Gasteiger partial charge in [-0.15, -0.1) is 0 Å². The van der Waals surface area contributed by atoms with Gasteiger partial charge < -0.3 is 28.9 Å². The molecule has 3 N–H and O–H groups in total. The summed E-state index contributed by atoms with van der Waals surface area (Å²) in [5, 5.41) is 31.3. The van der Waals surface area contributed by atoms with Gasteiger partial charge in [0.2, 0.25) is 0 Å². The van der Waals surface area contributed by atoms with E-state index in [-0.39, 0.29) is 17.2 Å². The SMILES string of the molecule is Oc1ccccc1Sc1ccccc1OP(Oc1ccccc1Sc1ccccc1O)Oc1ccccc1Sc1ccccc1O. The fourth-order valence-corrected chi connectivity index (χ4v) is 8.11. The second kappa shape index (κ2) is 15.3. The van der Waals surface area contributed by atoms with Crippen LogP contribution in [0.3, 0.4) is 0 Å². The molecule has 0 heterocycles. The van der Waals surface area contributed by atoms with Gasteiger partial charge in [0.1, 0.15) is 34.5 Å². The minimum Gasteiger partial charge on any atom is -0.507 e. The molecule has 6 aromatic carbocycles. The van der Waals surface area contributed by atoms with Crippen LogP contribution in [0.5, 0.6) is 34.5 Å². The molecule has 0 amide bonds. The van der Waals surface area contributed by atoms with Gasteiger partial charge in [-0.25, -0.2) is 0 Å². The third kappa shape index (κ3) is 8.05. The van der Waals surface area contributed by atoms with Crippen LogP contribution in [0, 0.1) is 0 Å². The summed E-state index contributed by atoms with van der Waals surface area (Å²) in [5.41, 5.74) is 0. The summed E-state index contributed by atoms with van der Waals surface area (Å²) in [6.45, 7) is 0. The number of hydrogen-bond donors (Lipinski definition) is 3. The number of hydrogen-bond acceptors (Lipinski definition) is 9. The van der Waals surface area contributed by atoms with E-state index in [0.29, 0.717) is 31.9 Å². The fourth-order valence-electron chi connectivity index (χ4n) is 4.11. The largest absolute Gasteiger partial charge is 0.530 e. The predicted molar refractivity (Wildman–Crippen MR) is 185 cm³/mol. The Bertz CT molecular complexity index is 1720. The number of para-hydroxylation sites is 6. The van der Waals surface area contributed by atoms with Crippen LogP contribution in [0.1, 0.15) is 0 Å². The van der Waals surface area contributed by atoms with Crippen LogP contribution < -0.4 is 13.6 Å². The summed E-state index contributed by atoms with van der Waals surface area (Å²) in [7, 11) is -2.11. The Morgan fingerprint density at radius 2 is 0.565 bits per heavy atom. The highest BCUT2D eigenvalue weighted by Gasteiger charge is 2.25. The second-order valence-corrected chi connectivity index (χ2v) is 13.8. The van der Waals surface area contributed by atoms with Gasteiger partial charge in [0, 0.05) is 0 Å². The Labute approximate surface area is 281 Å². The summed E-state index contributed by atoms with van der Waals surface area (Å²) < 4.78 is 19.6. The van der Waals surface area contributed by atoms with Crippen LogP contribution >= 0.6 is 43.9 Å². The molecule has 6 aromatic rings. The summed E-state index contributed by atoms with van der Waals surface area (Å²) in [5.74, 6) is 2.04. The van der Waals surface area contributed by atoms with Crippen molar-refractivity contribution in [3.63, 3.8) is 0 Å². The molecule has 0 unspecified atom stereocenters. The zero-order chi connectivity index (χ0) is 31.7. The average Bonchev–Trinajstić information content (AvgIpc) is 3.07. The quantitative estimate of drug-likeness (QED) is 0.109. The Hall–Kier alpha value is -4.40. The molecule has 10 heteroatoms. The van der Waals surface area contributed by atoms with Crippen LogP contribution in [-0.2, 0) is 0 Å². The Kier molecular flexibility index (Phi) is 10.5. The maximum absolute atomic E-state index is 10.4. The van der Waals surface area contributed by atoms with E-state index < -0.39 is 8.60 Å². The molecule has 6 rings (SSSR count). The average molecular weight is 683 g/mol. The number of phenols is 3. The molecule has 0 atom stereocenters. The van der Waals surface area contributed by atoms with Crippen molar-refractivity contribution in [1.29, 1.82) is 0 Å². The van der Waals surface area contributed by atoms with Crippen LogP contribution in [0.15, 0.2) is 175 Å².